The van der Waals surface area contributed by atoms with Crippen LogP contribution in [0.25, 0.3) is 21.3 Å². The fraction of sp³-hybridized carbons (Fsp3) is 0.278. The van der Waals surface area contributed by atoms with E-state index in [9.17, 15) is 9.50 Å². The Hall–Kier alpha value is -1.78. The summed E-state index contributed by atoms with van der Waals surface area (Å²) in [6, 6.07) is 8.62. The number of hydrogen-bond acceptors (Lipinski definition) is 3. The molecule has 2 aromatic heterocycles. The van der Waals surface area contributed by atoms with E-state index in [1.807, 2.05) is 0 Å². The lowest BCUT2D eigenvalue weighted by Gasteiger charge is -2.14. The van der Waals surface area contributed by atoms with Crippen molar-refractivity contribution in [2.75, 3.05) is 0 Å². The summed E-state index contributed by atoms with van der Waals surface area (Å²) in [5, 5.41) is 11.0. The minimum absolute atomic E-state index is 0.0314. The first-order valence-corrected chi connectivity index (χ1v) is 8.28. The number of aryl methyl sites for hydroxylation is 1. The molecule has 2 nitrogen and oxygen atoms in total. The Bertz CT molecular complexity index is 850. The Morgan fingerprint density at radius 2 is 2.00 bits per heavy atom. The lowest BCUT2D eigenvalue weighted by Crippen LogP contribution is -2.00. The van der Waals surface area contributed by atoms with Crippen LogP contribution in [0.5, 0.6) is 0 Å². The van der Waals surface area contributed by atoms with Gasteiger partial charge in [-0.1, -0.05) is 12.1 Å². The normalized spacial score (nSPS) is 14.7. The van der Waals surface area contributed by atoms with Gasteiger partial charge in [0.1, 0.15) is 10.6 Å². The van der Waals surface area contributed by atoms with E-state index in [0.29, 0.717) is 5.92 Å². The zero-order valence-electron chi connectivity index (χ0n) is 12.3. The predicted molar refractivity (Wildman–Crippen MR) is 87.6 cm³/mol. The van der Waals surface area contributed by atoms with Gasteiger partial charge in [0.2, 0.25) is 0 Å². The second-order valence-corrected chi connectivity index (χ2v) is 7.10. The fourth-order valence-corrected chi connectivity index (χ4v) is 3.93. The average molecular weight is 313 g/mol. The van der Waals surface area contributed by atoms with Crippen LogP contribution in [0.3, 0.4) is 0 Å². The summed E-state index contributed by atoms with van der Waals surface area (Å²) in [4.78, 5) is 7.02. The predicted octanol–water partition coefficient (Wildman–Crippen LogP) is 4.78. The number of fused-ring (bicyclic) bond motifs is 1. The molecule has 0 atom stereocenters. The van der Waals surface area contributed by atoms with Crippen molar-refractivity contribution in [2.45, 2.75) is 32.3 Å². The number of rotatable bonds is 3. The molecule has 22 heavy (non-hydrogen) atoms. The smallest absolute Gasteiger partial charge is 0.124 e. The molecule has 0 bridgehead atoms. The lowest BCUT2D eigenvalue weighted by atomic mass is 9.95. The Morgan fingerprint density at radius 3 is 2.64 bits per heavy atom. The van der Waals surface area contributed by atoms with Crippen LogP contribution in [0.1, 0.15) is 34.9 Å². The summed E-state index contributed by atoms with van der Waals surface area (Å²) in [6.07, 6.45) is 2.28. The van der Waals surface area contributed by atoms with Gasteiger partial charge in [0, 0.05) is 21.7 Å². The largest absolute Gasteiger partial charge is 0.392 e. The van der Waals surface area contributed by atoms with Crippen molar-refractivity contribution in [3.8, 4) is 11.1 Å². The van der Waals surface area contributed by atoms with Crippen LogP contribution in [0.4, 0.5) is 4.39 Å². The molecular weight excluding hydrogens is 297 g/mol. The Balaban J connectivity index is 2.06. The van der Waals surface area contributed by atoms with Crippen molar-refractivity contribution < 1.29 is 9.50 Å². The van der Waals surface area contributed by atoms with Crippen molar-refractivity contribution in [3.05, 3.63) is 52.3 Å². The van der Waals surface area contributed by atoms with Gasteiger partial charge in [0.25, 0.3) is 0 Å². The monoisotopic (exact) mass is 313 g/mol. The van der Waals surface area contributed by atoms with E-state index in [2.05, 4.69) is 13.0 Å². The number of aliphatic hydroxyl groups excluding tert-OH is 1. The van der Waals surface area contributed by atoms with Crippen LogP contribution in [0.15, 0.2) is 30.3 Å². The number of nitrogens with zero attached hydrogens (tertiary/aromatic N) is 1. The third-order valence-electron chi connectivity index (χ3n) is 4.19. The fourth-order valence-electron chi connectivity index (χ4n) is 3.03. The van der Waals surface area contributed by atoms with E-state index < -0.39 is 0 Å². The highest BCUT2D eigenvalue weighted by Crippen LogP contribution is 2.46. The number of halogens is 1. The molecule has 1 saturated carbocycles. The van der Waals surface area contributed by atoms with Crippen LogP contribution in [-0.2, 0) is 6.61 Å². The molecule has 0 amide bonds. The van der Waals surface area contributed by atoms with Crippen molar-refractivity contribution in [1.82, 2.24) is 4.98 Å². The molecule has 0 spiro atoms. The van der Waals surface area contributed by atoms with Gasteiger partial charge in [-0.15, -0.1) is 11.3 Å². The molecular formula is C18H16FNOS. The zero-order chi connectivity index (χ0) is 15.3. The summed E-state index contributed by atoms with van der Waals surface area (Å²) in [7, 11) is 0. The first-order valence-electron chi connectivity index (χ1n) is 7.47. The highest BCUT2D eigenvalue weighted by Gasteiger charge is 2.30. The quantitative estimate of drug-likeness (QED) is 0.755. The first-order chi connectivity index (χ1) is 10.7. The number of pyridine rings is 1. The van der Waals surface area contributed by atoms with Gasteiger partial charge in [-0.05, 0) is 49.1 Å². The van der Waals surface area contributed by atoms with Gasteiger partial charge in [0.05, 0.1) is 12.3 Å². The minimum atomic E-state index is -0.247. The molecule has 2 heterocycles. The highest BCUT2D eigenvalue weighted by atomic mass is 32.1. The van der Waals surface area contributed by atoms with Gasteiger partial charge >= 0.3 is 0 Å². The number of hydrogen-bond donors (Lipinski definition) is 1. The molecule has 1 aliphatic carbocycles. The van der Waals surface area contributed by atoms with Crippen LogP contribution >= 0.6 is 11.3 Å². The molecule has 0 unspecified atom stereocenters. The molecule has 0 aliphatic heterocycles. The van der Waals surface area contributed by atoms with E-state index in [1.54, 1.807) is 23.5 Å². The maximum absolute atomic E-state index is 13.3. The van der Waals surface area contributed by atoms with Crippen LogP contribution in [-0.4, -0.2) is 10.1 Å². The molecule has 112 valence electrons. The topological polar surface area (TPSA) is 33.1 Å². The SMILES string of the molecule is Cc1cc2c(-c3ccc(F)cc3)c(CO)c(C3CC3)nc2s1. The maximum atomic E-state index is 13.3. The lowest BCUT2D eigenvalue weighted by molar-refractivity contribution is 0.280. The van der Waals surface area contributed by atoms with Crippen molar-refractivity contribution in [3.63, 3.8) is 0 Å². The average Bonchev–Trinajstić information content (AvgIpc) is 3.28. The van der Waals surface area contributed by atoms with Crippen LogP contribution in [0, 0.1) is 12.7 Å². The molecule has 1 aliphatic rings. The molecule has 1 fully saturated rings. The van der Waals surface area contributed by atoms with Crippen molar-refractivity contribution in [1.29, 1.82) is 0 Å². The van der Waals surface area contributed by atoms with E-state index in [4.69, 9.17) is 4.98 Å². The Morgan fingerprint density at radius 1 is 1.27 bits per heavy atom. The molecule has 1 aromatic carbocycles. The van der Waals surface area contributed by atoms with Crippen LogP contribution < -0.4 is 0 Å². The number of aromatic nitrogens is 1. The number of thiophene rings is 1. The van der Waals surface area contributed by atoms with Gasteiger partial charge in [-0.25, -0.2) is 9.37 Å². The van der Waals surface area contributed by atoms with E-state index >= 15 is 0 Å². The molecule has 0 radical (unpaired) electrons. The molecule has 1 N–H and O–H groups in total. The van der Waals surface area contributed by atoms with Crippen molar-refractivity contribution in [2.24, 2.45) is 0 Å². The van der Waals surface area contributed by atoms with Gasteiger partial charge in [-0.2, -0.15) is 0 Å². The maximum Gasteiger partial charge on any atom is 0.124 e. The number of benzene rings is 1. The molecule has 4 heteroatoms. The minimum Gasteiger partial charge on any atom is -0.392 e. The number of aliphatic hydroxyl groups is 1. The van der Waals surface area contributed by atoms with Gasteiger partial charge in [-0.3, -0.25) is 0 Å². The standard InChI is InChI=1S/C18H16FNOS/c1-10-8-14-16(11-4-6-13(19)7-5-11)15(9-21)17(12-2-3-12)20-18(14)22-10/h4-8,12,21H,2-3,9H2,1H3. The molecule has 0 saturated heterocycles. The summed E-state index contributed by atoms with van der Waals surface area (Å²) >= 11 is 1.68. The third-order valence-corrected chi connectivity index (χ3v) is 5.14. The van der Waals surface area contributed by atoms with E-state index in [1.165, 1.54) is 17.0 Å². The van der Waals surface area contributed by atoms with E-state index in [-0.39, 0.29) is 12.4 Å². The Labute approximate surface area is 132 Å². The van der Waals surface area contributed by atoms with Crippen molar-refractivity contribution >= 4 is 21.6 Å². The molecule has 3 aromatic rings. The van der Waals surface area contributed by atoms with Gasteiger partial charge in [0.15, 0.2) is 0 Å². The third kappa shape index (κ3) is 2.23. The molecule has 4 rings (SSSR count). The summed E-state index contributed by atoms with van der Waals surface area (Å²) in [5.41, 5.74) is 3.88. The van der Waals surface area contributed by atoms with Gasteiger partial charge < -0.3 is 5.11 Å². The second-order valence-electron chi connectivity index (χ2n) is 5.87. The summed E-state index contributed by atoms with van der Waals surface area (Å²) < 4.78 is 13.3. The van der Waals surface area contributed by atoms with E-state index in [0.717, 1.165) is 45.4 Å². The second kappa shape index (κ2) is 5.14. The highest BCUT2D eigenvalue weighted by molar-refractivity contribution is 7.18. The summed E-state index contributed by atoms with van der Waals surface area (Å²) in [5.74, 6) is 0.219. The summed E-state index contributed by atoms with van der Waals surface area (Å²) in [6.45, 7) is 2.03. The van der Waals surface area contributed by atoms with Crippen LogP contribution in [0.2, 0.25) is 0 Å². The zero-order valence-corrected chi connectivity index (χ0v) is 13.1. The first kappa shape index (κ1) is 13.9. The Kier molecular flexibility index (Phi) is 3.24.